The lowest BCUT2D eigenvalue weighted by atomic mass is 10.2. The van der Waals surface area contributed by atoms with Crippen molar-refractivity contribution in [1.29, 1.82) is 0 Å². The van der Waals surface area contributed by atoms with Crippen LogP contribution in [0.4, 0.5) is 4.39 Å². The lowest BCUT2D eigenvalue weighted by Crippen LogP contribution is -1.93. The quantitative estimate of drug-likeness (QED) is 0.490. The molecule has 0 aliphatic rings. The lowest BCUT2D eigenvalue weighted by molar-refractivity contribution is 0.628. The van der Waals surface area contributed by atoms with E-state index < -0.39 is 0 Å². The molecule has 0 radical (unpaired) electrons. The van der Waals surface area contributed by atoms with E-state index in [1.54, 1.807) is 27.4 Å². The maximum absolute atomic E-state index is 13.5. The summed E-state index contributed by atoms with van der Waals surface area (Å²) in [5, 5.41) is 25.1. The Labute approximate surface area is 137 Å². The Kier molecular flexibility index (Phi) is 2.67. The average molecular weight is 338 g/mol. The van der Waals surface area contributed by atoms with Crippen molar-refractivity contribution in [3.8, 4) is 22.0 Å². The van der Waals surface area contributed by atoms with Gasteiger partial charge in [-0.25, -0.2) is 4.39 Å². The van der Waals surface area contributed by atoms with Crippen LogP contribution in [0, 0.1) is 5.82 Å². The number of aromatic nitrogens is 8. The first-order valence-electron chi connectivity index (χ1n) is 6.95. The highest BCUT2D eigenvalue weighted by molar-refractivity contribution is 7.19. The highest BCUT2D eigenvalue weighted by atomic mass is 32.1. The molecule has 0 bridgehead atoms. The highest BCUT2D eigenvalue weighted by Crippen LogP contribution is 2.29. The van der Waals surface area contributed by atoms with Gasteiger partial charge in [0.05, 0.1) is 5.56 Å². The van der Waals surface area contributed by atoms with Crippen molar-refractivity contribution in [3.05, 3.63) is 48.4 Å². The van der Waals surface area contributed by atoms with Crippen molar-refractivity contribution >= 4 is 21.9 Å². The molecule has 0 N–H and O–H groups in total. The molecule has 5 aromatic rings. The van der Waals surface area contributed by atoms with E-state index in [2.05, 4.69) is 30.8 Å². The second-order valence-corrected chi connectivity index (χ2v) is 5.96. The molecule has 0 fully saturated rings. The maximum Gasteiger partial charge on any atom is 0.235 e. The largest absolute Gasteiger partial charge is 0.235 e. The number of fused-ring (bicyclic) bond motifs is 2. The Morgan fingerprint density at radius 1 is 1.04 bits per heavy atom. The summed E-state index contributed by atoms with van der Waals surface area (Å²) in [4.78, 5) is 0.610. The van der Waals surface area contributed by atoms with Crippen molar-refractivity contribution in [2.45, 2.75) is 0 Å². The van der Waals surface area contributed by atoms with Crippen LogP contribution in [0.5, 0.6) is 0 Å². The second kappa shape index (κ2) is 4.86. The Morgan fingerprint density at radius 3 is 2.92 bits per heavy atom. The van der Waals surface area contributed by atoms with Crippen molar-refractivity contribution in [3.63, 3.8) is 0 Å². The smallest absolute Gasteiger partial charge is 0.207 e. The van der Waals surface area contributed by atoms with Crippen molar-refractivity contribution < 1.29 is 4.39 Å². The molecule has 24 heavy (non-hydrogen) atoms. The summed E-state index contributed by atoms with van der Waals surface area (Å²) in [6.45, 7) is 0. The molecule has 5 rings (SSSR count). The van der Waals surface area contributed by atoms with Gasteiger partial charge in [0.1, 0.15) is 5.82 Å². The van der Waals surface area contributed by atoms with Crippen LogP contribution < -0.4 is 0 Å². The first-order chi connectivity index (χ1) is 11.8. The van der Waals surface area contributed by atoms with E-state index in [4.69, 9.17) is 0 Å². The maximum atomic E-state index is 13.5. The third-order valence-corrected chi connectivity index (χ3v) is 4.46. The van der Waals surface area contributed by atoms with E-state index in [1.807, 2.05) is 12.1 Å². The number of nitrogens with zero attached hydrogens (tertiary/aromatic N) is 8. The summed E-state index contributed by atoms with van der Waals surface area (Å²) < 4.78 is 16.6. The number of tetrazole rings is 1. The fourth-order valence-electron chi connectivity index (χ4n) is 2.47. The highest BCUT2D eigenvalue weighted by Gasteiger charge is 2.17. The van der Waals surface area contributed by atoms with Gasteiger partial charge in [0.15, 0.2) is 16.5 Å². The summed E-state index contributed by atoms with van der Waals surface area (Å²) in [5.41, 5.74) is 2.01. The Hall–Kier alpha value is -3.27. The minimum Gasteiger partial charge on any atom is -0.207 e. The molecule has 4 aromatic heterocycles. The van der Waals surface area contributed by atoms with E-state index in [1.165, 1.54) is 23.5 Å². The van der Waals surface area contributed by atoms with Gasteiger partial charge >= 0.3 is 0 Å². The molecular weight excluding hydrogens is 331 g/mol. The van der Waals surface area contributed by atoms with Gasteiger partial charge in [0, 0.05) is 11.8 Å². The van der Waals surface area contributed by atoms with Gasteiger partial charge < -0.3 is 0 Å². The van der Waals surface area contributed by atoms with Gasteiger partial charge in [0.25, 0.3) is 0 Å². The Morgan fingerprint density at radius 2 is 2.00 bits per heavy atom. The summed E-state index contributed by atoms with van der Waals surface area (Å²) in [6, 6.07) is 9.91. The summed E-state index contributed by atoms with van der Waals surface area (Å²) >= 11 is 1.36. The number of pyridine rings is 1. The van der Waals surface area contributed by atoms with Gasteiger partial charge in [-0.3, -0.25) is 0 Å². The zero-order valence-corrected chi connectivity index (χ0v) is 12.7. The van der Waals surface area contributed by atoms with Crippen LogP contribution >= 0.6 is 11.3 Å². The molecule has 10 heteroatoms. The molecule has 0 atom stereocenters. The van der Waals surface area contributed by atoms with E-state index in [9.17, 15) is 4.39 Å². The topological polar surface area (TPSA) is 86.2 Å². The SMILES string of the molecule is Fc1cccc(-c2nnc3sc(-c4cccn5nnnc45)nn23)c1. The Bertz CT molecular complexity index is 1190. The van der Waals surface area contributed by atoms with Gasteiger partial charge in [-0.15, -0.1) is 15.3 Å². The lowest BCUT2D eigenvalue weighted by Gasteiger charge is -1.98. The molecule has 0 aliphatic heterocycles. The standard InChI is InChI=1S/C14H7FN8S/c15-9-4-1-3-8(7-9)11-16-18-14-23(11)19-13(24-14)10-5-2-6-22-12(10)17-20-21-22/h1-7H. The minimum atomic E-state index is -0.334. The molecule has 0 saturated carbocycles. The molecule has 116 valence electrons. The molecule has 0 amide bonds. The zero-order valence-electron chi connectivity index (χ0n) is 11.9. The van der Waals surface area contributed by atoms with Crippen LogP contribution in [0.25, 0.3) is 32.6 Å². The first kappa shape index (κ1) is 13.2. The minimum absolute atomic E-state index is 0.334. The predicted molar refractivity (Wildman–Crippen MR) is 83.8 cm³/mol. The van der Waals surface area contributed by atoms with Gasteiger partial charge in [0.2, 0.25) is 4.96 Å². The van der Waals surface area contributed by atoms with E-state index in [0.29, 0.717) is 27.0 Å². The molecule has 8 nitrogen and oxygen atoms in total. The van der Waals surface area contributed by atoms with Gasteiger partial charge in [-0.05, 0) is 34.7 Å². The van der Waals surface area contributed by atoms with Crippen LogP contribution in [-0.4, -0.2) is 39.9 Å². The predicted octanol–water partition coefficient (Wildman–Crippen LogP) is 2.10. The summed E-state index contributed by atoms with van der Waals surface area (Å²) in [7, 11) is 0. The molecule has 4 heterocycles. The molecule has 0 unspecified atom stereocenters. The van der Waals surface area contributed by atoms with Gasteiger partial charge in [-0.1, -0.05) is 23.5 Å². The van der Waals surface area contributed by atoms with E-state index in [-0.39, 0.29) is 5.82 Å². The van der Waals surface area contributed by atoms with E-state index in [0.717, 1.165) is 5.56 Å². The molecule has 0 aliphatic carbocycles. The van der Waals surface area contributed by atoms with E-state index >= 15 is 0 Å². The monoisotopic (exact) mass is 338 g/mol. The third kappa shape index (κ3) is 1.90. The number of halogens is 1. The zero-order chi connectivity index (χ0) is 16.1. The molecule has 0 spiro atoms. The number of rotatable bonds is 2. The van der Waals surface area contributed by atoms with Crippen molar-refractivity contribution in [2.24, 2.45) is 0 Å². The van der Waals surface area contributed by atoms with Crippen molar-refractivity contribution in [1.82, 2.24) is 39.9 Å². The van der Waals surface area contributed by atoms with Crippen molar-refractivity contribution in [2.75, 3.05) is 0 Å². The second-order valence-electron chi connectivity index (χ2n) is 5.00. The van der Waals surface area contributed by atoms with Crippen LogP contribution in [0.15, 0.2) is 42.6 Å². The van der Waals surface area contributed by atoms with Crippen LogP contribution in [-0.2, 0) is 0 Å². The fourth-order valence-corrected chi connectivity index (χ4v) is 3.33. The number of benzene rings is 1. The first-order valence-corrected chi connectivity index (χ1v) is 7.76. The van der Waals surface area contributed by atoms with Crippen LogP contribution in [0.1, 0.15) is 0 Å². The average Bonchev–Trinajstić information content (AvgIpc) is 3.29. The molecular formula is C14H7FN8S. The number of hydrogen-bond acceptors (Lipinski definition) is 7. The van der Waals surface area contributed by atoms with Crippen LogP contribution in [0.2, 0.25) is 0 Å². The fraction of sp³-hybridized carbons (Fsp3) is 0. The summed E-state index contributed by atoms with van der Waals surface area (Å²) in [6.07, 6.45) is 1.76. The third-order valence-electron chi connectivity index (χ3n) is 3.53. The Balaban J connectivity index is 1.71. The molecule has 1 aromatic carbocycles. The normalized spacial score (nSPS) is 11.5. The molecule has 0 saturated heterocycles. The van der Waals surface area contributed by atoms with Crippen LogP contribution in [0.3, 0.4) is 0 Å². The van der Waals surface area contributed by atoms with Gasteiger partial charge in [-0.2, -0.15) is 14.1 Å². The number of hydrogen-bond donors (Lipinski definition) is 0. The summed E-state index contributed by atoms with van der Waals surface area (Å²) in [5.74, 6) is 0.151.